The molecule has 1 fully saturated rings. The van der Waals surface area contributed by atoms with Crippen LogP contribution in [0.5, 0.6) is 11.5 Å². The maximum absolute atomic E-state index is 12.4. The monoisotopic (exact) mass is 374 g/mol. The first-order chi connectivity index (χ1) is 12.7. The van der Waals surface area contributed by atoms with E-state index in [4.69, 9.17) is 21.1 Å². The number of hydrogen-bond acceptors (Lipinski definition) is 4. The molecule has 2 aromatic carbocycles. The quantitative estimate of drug-likeness (QED) is 0.776. The highest BCUT2D eigenvalue weighted by molar-refractivity contribution is 6.33. The summed E-state index contributed by atoms with van der Waals surface area (Å²) in [5.41, 5.74) is 1.03. The minimum Gasteiger partial charge on any atom is -0.497 e. The number of amides is 1. The summed E-state index contributed by atoms with van der Waals surface area (Å²) in [6, 6.07) is 15.2. The molecule has 0 aliphatic carbocycles. The van der Waals surface area contributed by atoms with Crippen molar-refractivity contribution in [2.45, 2.75) is 6.42 Å². The average Bonchev–Trinajstić information content (AvgIpc) is 2.69. The predicted molar refractivity (Wildman–Crippen MR) is 103 cm³/mol. The van der Waals surface area contributed by atoms with Crippen LogP contribution in [-0.2, 0) is 4.79 Å². The van der Waals surface area contributed by atoms with Crippen molar-refractivity contribution >= 4 is 23.2 Å². The number of benzene rings is 2. The van der Waals surface area contributed by atoms with E-state index in [1.807, 2.05) is 53.4 Å². The molecule has 0 spiro atoms. The number of piperazine rings is 1. The van der Waals surface area contributed by atoms with Gasteiger partial charge >= 0.3 is 0 Å². The number of ether oxygens (including phenoxy) is 2. The van der Waals surface area contributed by atoms with Gasteiger partial charge in [-0.3, -0.25) is 4.79 Å². The van der Waals surface area contributed by atoms with Gasteiger partial charge in [0.1, 0.15) is 11.5 Å². The highest BCUT2D eigenvalue weighted by atomic mass is 35.5. The fourth-order valence-electron chi connectivity index (χ4n) is 2.99. The standard InChI is InChI=1S/C20H23ClN2O3/c1-25-16-6-8-17(9-7-16)26-15-10-20(24)23-13-11-22(12-14-23)19-5-3-2-4-18(19)21/h2-9H,10-15H2,1H3. The Balaban J connectivity index is 1.43. The van der Waals surface area contributed by atoms with Gasteiger partial charge in [0, 0.05) is 26.2 Å². The van der Waals surface area contributed by atoms with E-state index in [0.717, 1.165) is 35.3 Å². The topological polar surface area (TPSA) is 42.0 Å². The first-order valence-electron chi connectivity index (χ1n) is 8.71. The van der Waals surface area contributed by atoms with Gasteiger partial charge < -0.3 is 19.3 Å². The Bertz CT molecular complexity index is 728. The van der Waals surface area contributed by atoms with Crippen molar-refractivity contribution in [2.24, 2.45) is 0 Å². The molecule has 1 saturated heterocycles. The van der Waals surface area contributed by atoms with E-state index >= 15 is 0 Å². The van der Waals surface area contributed by atoms with Crippen LogP contribution in [0.3, 0.4) is 0 Å². The minimum absolute atomic E-state index is 0.123. The van der Waals surface area contributed by atoms with Crippen LogP contribution in [0.15, 0.2) is 48.5 Å². The predicted octanol–water partition coefficient (Wildman–Crippen LogP) is 3.47. The van der Waals surface area contributed by atoms with Crippen LogP contribution in [-0.4, -0.2) is 50.7 Å². The van der Waals surface area contributed by atoms with Crippen LogP contribution in [0.1, 0.15) is 6.42 Å². The maximum atomic E-state index is 12.4. The molecule has 3 rings (SSSR count). The molecule has 2 aromatic rings. The fourth-order valence-corrected chi connectivity index (χ4v) is 3.25. The molecule has 0 unspecified atom stereocenters. The van der Waals surface area contributed by atoms with Crippen LogP contribution >= 0.6 is 11.6 Å². The molecule has 26 heavy (non-hydrogen) atoms. The summed E-state index contributed by atoms with van der Waals surface area (Å²) in [7, 11) is 1.63. The largest absolute Gasteiger partial charge is 0.497 e. The molecule has 1 aliphatic heterocycles. The Morgan fingerprint density at radius 3 is 2.31 bits per heavy atom. The third kappa shape index (κ3) is 4.61. The van der Waals surface area contributed by atoms with Gasteiger partial charge in [0.05, 0.1) is 30.8 Å². The van der Waals surface area contributed by atoms with Crippen molar-refractivity contribution in [3.05, 3.63) is 53.6 Å². The Kier molecular flexibility index (Phi) is 6.23. The number of carbonyl (C=O) groups is 1. The molecule has 0 atom stereocenters. The molecule has 6 heteroatoms. The lowest BCUT2D eigenvalue weighted by atomic mass is 10.2. The molecular weight excluding hydrogens is 352 g/mol. The van der Waals surface area contributed by atoms with Crippen LogP contribution in [0.25, 0.3) is 0 Å². The van der Waals surface area contributed by atoms with Gasteiger partial charge in [0.15, 0.2) is 0 Å². The number of carbonyl (C=O) groups excluding carboxylic acids is 1. The number of hydrogen-bond donors (Lipinski definition) is 0. The van der Waals surface area contributed by atoms with Gasteiger partial charge in [-0.1, -0.05) is 23.7 Å². The first-order valence-corrected chi connectivity index (χ1v) is 9.09. The number of halogens is 1. The summed E-state index contributed by atoms with van der Waals surface area (Å²) in [6.07, 6.45) is 0.373. The lowest BCUT2D eigenvalue weighted by molar-refractivity contribution is -0.132. The Morgan fingerprint density at radius 2 is 1.65 bits per heavy atom. The molecule has 1 amide bonds. The van der Waals surface area contributed by atoms with Crippen molar-refractivity contribution < 1.29 is 14.3 Å². The highest BCUT2D eigenvalue weighted by Gasteiger charge is 2.22. The normalized spacial score (nSPS) is 14.2. The van der Waals surface area contributed by atoms with Crippen molar-refractivity contribution in [3.63, 3.8) is 0 Å². The zero-order chi connectivity index (χ0) is 18.4. The zero-order valence-electron chi connectivity index (χ0n) is 14.9. The molecule has 0 bridgehead atoms. The van der Waals surface area contributed by atoms with E-state index in [9.17, 15) is 4.79 Å². The summed E-state index contributed by atoms with van der Waals surface area (Å²) >= 11 is 6.26. The van der Waals surface area contributed by atoms with Gasteiger partial charge in [0.25, 0.3) is 0 Å². The van der Waals surface area contributed by atoms with Crippen LogP contribution in [0.2, 0.25) is 5.02 Å². The van der Waals surface area contributed by atoms with Crippen molar-refractivity contribution in [3.8, 4) is 11.5 Å². The number of anilines is 1. The van der Waals surface area contributed by atoms with Crippen molar-refractivity contribution in [2.75, 3.05) is 44.8 Å². The van der Waals surface area contributed by atoms with E-state index in [1.165, 1.54) is 0 Å². The zero-order valence-corrected chi connectivity index (χ0v) is 15.6. The SMILES string of the molecule is COc1ccc(OCCC(=O)N2CCN(c3ccccc3Cl)CC2)cc1. The molecule has 0 N–H and O–H groups in total. The third-order valence-electron chi connectivity index (χ3n) is 4.47. The second-order valence-corrected chi connectivity index (χ2v) is 6.50. The van der Waals surface area contributed by atoms with Crippen LogP contribution in [0, 0.1) is 0 Å². The van der Waals surface area contributed by atoms with Crippen LogP contribution < -0.4 is 14.4 Å². The Hall–Kier alpha value is -2.40. The average molecular weight is 375 g/mol. The van der Waals surface area contributed by atoms with Gasteiger partial charge in [-0.15, -0.1) is 0 Å². The first kappa shape index (κ1) is 18.4. The van der Waals surface area contributed by atoms with E-state index in [1.54, 1.807) is 7.11 Å². The smallest absolute Gasteiger partial charge is 0.226 e. The molecule has 0 aromatic heterocycles. The van der Waals surface area contributed by atoms with E-state index in [2.05, 4.69) is 4.90 Å². The third-order valence-corrected chi connectivity index (χ3v) is 4.79. The van der Waals surface area contributed by atoms with E-state index < -0.39 is 0 Å². The van der Waals surface area contributed by atoms with Crippen molar-refractivity contribution in [1.82, 2.24) is 4.90 Å². The van der Waals surface area contributed by atoms with Crippen LogP contribution in [0.4, 0.5) is 5.69 Å². The summed E-state index contributed by atoms with van der Waals surface area (Å²) < 4.78 is 10.8. The molecule has 1 aliphatic rings. The van der Waals surface area contributed by atoms with Crippen molar-refractivity contribution in [1.29, 1.82) is 0 Å². The minimum atomic E-state index is 0.123. The van der Waals surface area contributed by atoms with Gasteiger partial charge in [-0.25, -0.2) is 0 Å². The van der Waals surface area contributed by atoms with E-state index in [-0.39, 0.29) is 5.91 Å². The maximum Gasteiger partial charge on any atom is 0.226 e. The number of rotatable bonds is 6. The Labute approximate surface area is 159 Å². The molecule has 5 nitrogen and oxygen atoms in total. The molecular formula is C20H23ClN2O3. The van der Waals surface area contributed by atoms with Gasteiger partial charge in [-0.05, 0) is 36.4 Å². The lowest BCUT2D eigenvalue weighted by Crippen LogP contribution is -2.49. The molecule has 0 radical (unpaired) electrons. The Morgan fingerprint density at radius 1 is 1.00 bits per heavy atom. The number of nitrogens with zero attached hydrogens (tertiary/aromatic N) is 2. The second kappa shape index (κ2) is 8.81. The lowest BCUT2D eigenvalue weighted by Gasteiger charge is -2.36. The summed E-state index contributed by atoms with van der Waals surface area (Å²) in [5.74, 6) is 1.64. The molecule has 138 valence electrons. The van der Waals surface area contributed by atoms with Gasteiger partial charge in [-0.2, -0.15) is 0 Å². The summed E-state index contributed by atoms with van der Waals surface area (Å²) in [6.45, 7) is 3.35. The summed E-state index contributed by atoms with van der Waals surface area (Å²) in [4.78, 5) is 16.5. The number of methoxy groups -OCH3 is 1. The fraction of sp³-hybridized carbons (Fsp3) is 0.350. The van der Waals surface area contributed by atoms with Gasteiger partial charge in [0.2, 0.25) is 5.91 Å². The van der Waals surface area contributed by atoms with E-state index in [0.29, 0.717) is 26.1 Å². The number of para-hydroxylation sites is 1. The highest BCUT2D eigenvalue weighted by Crippen LogP contribution is 2.26. The molecule has 1 heterocycles. The molecule has 0 saturated carbocycles. The summed E-state index contributed by atoms with van der Waals surface area (Å²) in [5, 5.41) is 0.750. The second-order valence-electron chi connectivity index (χ2n) is 6.09.